The zero-order valence-electron chi connectivity index (χ0n) is 15.6. The molecule has 0 radical (unpaired) electrons. The molecule has 0 bridgehead atoms. The number of benzene rings is 2. The minimum Gasteiger partial charge on any atom is -0.322 e. The summed E-state index contributed by atoms with van der Waals surface area (Å²) in [7, 11) is 0. The van der Waals surface area contributed by atoms with E-state index in [4.69, 9.17) is 0 Å². The second kappa shape index (κ2) is 8.43. The third kappa shape index (κ3) is 4.90. The maximum absolute atomic E-state index is 13.6. The minimum atomic E-state index is -0.288. The lowest BCUT2D eigenvalue weighted by molar-refractivity contribution is -1.02. The molecule has 3 rings (SSSR count). The van der Waals surface area contributed by atoms with Crippen LogP contribution in [0, 0.1) is 19.7 Å². The summed E-state index contributed by atoms with van der Waals surface area (Å²) in [5.74, 6) is -0.339. The van der Waals surface area contributed by atoms with E-state index in [1.807, 2.05) is 0 Å². The summed E-state index contributed by atoms with van der Waals surface area (Å²) in [6.45, 7) is 9.46. The molecule has 0 saturated carbocycles. The van der Waals surface area contributed by atoms with Crippen LogP contribution in [0.2, 0.25) is 0 Å². The van der Waals surface area contributed by atoms with Gasteiger partial charge in [0.2, 0.25) is 0 Å². The molecule has 4 nitrogen and oxygen atoms in total. The number of piperazine rings is 1. The van der Waals surface area contributed by atoms with Gasteiger partial charge in [0.25, 0.3) is 5.91 Å². The van der Waals surface area contributed by atoms with Gasteiger partial charge in [-0.15, -0.1) is 0 Å². The average Bonchev–Trinajstić information content (AvgIpc) is 2.62. The van der Waals surface area contributed by atoms with E-state index in [1.165, 1.54) is 22.1 Å². The molecule has 0 unspecified atom stereocenters. The number of halogens is 1. The van der Waals surface area contributed by atoms with Gasteiger partial charge >= 0.3 is 0 Å². The third-order valence-electron chi connectivity index (χ3n) is 5.23. The van der Waals surface area contributed by atoms with Crippen LogP contribution in [-0.4, -0.2) is 38.6 Å². The van der Waals surface area contributed by atoms with Crippen molar-refractivity contribution in [1.82, 2.24) is 0 Å². The predicted molar refractivity (Wildman–Crippen MR) is 101 cm³/mol. The fraction of sp³-hybridized carbons (Fsp3) is 0.381. The van der Waals surface area contributed by atoms with E-state index < -0.39 is 0 Å². The molecule has 2 aromatic carbocycles. The quantitative estimate of drug-likeness (QED) is 0.711. The molecule has 0 aliphatic carbocycles. The van der Waals surface area contributed by atoms with Crippen molar-refractivity contribution in [3.63, 3.8) is 0 Å². The topological polar surface area (TPSA) is 38.0 Å². The fourth-order valence-corrected chi connectivity index (χ4v) is 3.49. The first kappa shape index (κ1) is 18.5. The van der Waals surface area contributed by atoms with Gasteiger partial charge in [0.05, 0.1) is 0 Å². The monoisotopic (exact) mass is 357 g/mol. The molecule has 1 heterocycles. The lowest BCUT2D eigenvalue weighted by Crippen LogP contribution is -3.28. The minimum absolute atomic E-state index is 0.0504. The molecule has 26 heavy (non-hydrogen) atoms. The largest absolute Gasteiger partial charge is 0.322 e. The normalized spacial score (nSPS) is 20.0. The number of quaternary nitrogens is 2. The molecule has 0 atom stereocenters. The third-order valence-corrected chi connectivity index (χ3v) is 5.23. The molecule has 0 spiro atoms. The summed E-state index contributed by atoms with van der Waals surface area (Å²) in [6, 6.07) is 13.4. The average molecular weight is 357 g/mol. The highest BCUT2D eigenvalue weighted by Gasteiger charge is 2.25. The van der Waals surface area contributed by atoms with E-state index in [-0.39, 0.29) is 11.7 Å². The van der Waals surface area contributed by atoms with Crippen LogP contribution in [0.15, 0.2) is 42.5 Å². The van der Waals surface area contributed by atoms with Crippen molar-refractivity contribution in [3.05, 3.63) is 65.0 Å². The summed E-state index contributed by atoms with van der Waals surface area (Å²) < 4.78 is 13.6. The smallest absolute Gasteiger partial charge is 0.279 e. The molecule has 1 saturated heterocycles. The zero-order chi connectivity index (χ0) is 18.5. The van der Waals surface area contributed by atoms with E-state index in [1.54, 1.807) is 24.0 Å². The number of nitrogens with one attached hydrogen (secondary N) is 3. The highest BCUT2D eigenvalue weighted by molar-refractivity contribution is 5.91. The number of anilines is 1. The summed E-state index contributed by atoms with van der Waals surface area (Å²) >= 11 is 0. The van der Waals surface area contributed by atoms with Crippen molar-refractivity contribution in [2.45, 2.75) is 20.4 Å². The Morgan fingerprint density at radius 2 is 1.69 bits per heavy atom. The van der Waals surface area contributed by atoms with Crippen LogP contribution in [0.25, 0.3) is 0 Å². The van der Waals surface area contributed by atoms with Crippen LogP contribution in [0.3, 0.4) is 0 Å². The van der Waals surface area contributed by atoms with Crippen LogP contribution in [0.5, 0.6) is 0 Å². The Bertz CT molecular complexity index is 770. The number of rotatable bonds is 5. The molecule has 1 aliphatic heterocycles. The van der Waals surface area contributed by atoms with E-state index in [0.717, 1.165) is 32.7 Å². The highest BCUT2D eigenvalue weighted by atomic mass is 19.1. The number of aryl methyl sites for hydroxylation is 2. The van der Waals surface area contributed by atoms with Crippen molar-refractivity contribution < 1.29 is 19.0 Å². The van der Waals surface area contributed by atoms with Crippen molar-refractivity contribution in [2.24, 2.45) is 0 Å². The Morgan fingerprint density at radius 1 is 1.00 bits per heavy atom. The van der Waals surface area contributed by atoms with Crippen LogP contribution in [0.1, 0.15) is 16.7 Å². The summed E-state index contributed by atoms with van der Waals surface area (Å²) in [5, 5.41) is 2.81. The SMILES string of the molecule is Cc1ccc(NC(=O)C[NH+]2CC[NH+](Cc3ccccc3C)CC2)cc1F. The van der Waals surface area contributed by atoms with E-state index in [0.29, 0.717) is 17.8 Å². The maximum atomic E-state index is 13.6. The Kier molecular flexibility index (Phi) is 6.01. The van der Waals surface area contributed by atoms with Crippen LogP contribution in [-0.2, 0) is 11.3 Å². The zero-order valence-corrected chi connectivity index (χ0v) is 15.6. The van der Waals surface area contributed by atoms with E-state index in [2.05, 4.69) is 36.5 Å². The second-order valence-corrected chi connectivity index (χ2v) is 7.29. The Hall–Kier alpha value is -2.24. The maximum Gasteiger partial charge on any atom is 0.279 e. The van der Waals surface area contributed by atoms with Gasteiger partial charge in [-0.25, -0.2) is 4.39 Å². The molecule has 1 amide bonds. The van der Waals surface area contributed by atoms with Gasteiger partial charge in [0.15, 0.2) is 6.54 Å². The first-order valence-corrected chi connectivity index (χ1v) is 9.29. The van der Waals surface area contributed by atoms with Gasteiger partial charge in [-0.1, -0.05) is 30.3 Å². The number of carbonyl (C=O) groups excluding carboxylic acids is 1. The van der Waals surface area contributed by atoms with Crippen LogP contribution >= 0.6 is 0 Å². The van der Waals surface area contributed by atoms with Gasteiger partial charge in [0, 0.05) is 11.3 Å². The Morgan fingerprint density at radius 3 is 2.38 bits per heavy atom. The highest BCUT2D eigenvalue weighted by Crippen LogP contribution is 2.13. The first-order valence-electron chi connectivity index (χ1n) is 9.29. The van der Waals surface area contributed by atoms with Crippen molar-refractivity contribution in [3.8, 4) is 0 Å². The number of hydrogen-bond acceptors (Lipinski definition) is 1. The molecule has 5 heteroatoms. The van der Waals surface area contributed by atoms with E-state index in [9.17, 15) is 9.18 Å². The van der Waals surface area contributed by atoms with Gasteiger partial charge in [-0.05, 0) is 37.1 Å². The Balaban J connectivity index is 1.45. The van der Waals surface area contributed by atoms with Crippen molar-refractivity contribution in [1.29, 1.82) is 0 Å². The molecular formula is C21H28FN3O+2. The molecule has 2 aromatic rings. The van der Waals surface area contributed by atoms with Gasteiger partial charge in [-0.2, -0.15) is 0 Å². The molecular weight excluding hydrogens is 329 g/mol. The molecule has 3 N–H and O–H groups in total. The summed E-state index contributed by atoms with van der Waals surface area (Å²) in [5.41, 5.74) is 3.87. The van der Waals surface area contributed by atoms with E-state index >= 15 is 0 Å². The molecule has 0 aromatic heterocycles. The van der Waals surface area contributed by atoms with Gasteiger partial charge in [-0.3, -0.25) is 4.79 Å². The van der Waals surface area contributed by atoms with Gasteiger partial charge in [0.1, 0.15) is 38.5 Å². The van der Waals surface area contributed by atoms with Crippen LogP contribution < -0.4 is 15.1 Å². The standard InChI is InChI=1S/C21H26FN3O/c1-16-5-3-4-6-18(16)14-24-9-11-25(12-10-24)15-21(26)23-19-8-7-17(2)20(22)13-19/h3-8,13H,9-12,14-15H2,1-2H3,(H,23,26)/p+2. The number of carbonyl (C=O) groups is 1. The lowest BCUT2D eigenvalue weighted by Gasteiger charge is -2.29. The summed E-state index contributed by atoms with van der Waals surface area (Å²) in [6.07, 6.45) is 0. The van der Waals surface area contributed by atoms with Crippen molar-refractivity contribution in [2.75, 3.05) is 38.0 Å². The molecule has 138 valence electrons. The fourth-order valence-electron chi connectivity index (χ4n) is 3.49. The predicted octanol–water partition coefficient (Wildman–Crippen LogP) is 0.365. The van der Waals surface area contributed by atoms with Crippen molar-refractivity contribution >= 4 is 11.6 Å². The van der Waals surface area contributed by atoms with Gasteiger partial charge < -0.3 is 15.1 Å². The Labute approximate surface area is 154 Å². The van der Waals surface area contributed by atoms with Crippen LogP contribution in [0.4, 0.5) is 10.1 Å². The first-order chi connectivity index (χ1) is 12.5. The summed E-state index contributed by atoms with van der Waals surface area (Å²) in [4.78, 5) is 15.1. The molecule has 1 aliphatic rings. The molecule has 1 fully saturated rings. The number of amides is 1. The number of hydrogen-bond donors (Lipinski definition) is 3. The lowest BCUT2D eigenvalue weighted by atomic mass is 10.1. The second-order valence-electron chi connectivity index (χ2n) is 7.29.